The molecule has 0 aromatic carbocycles. The van der Waals surface area contributed by atoms with Crippen LogP contribution in [-0.4, -0.2) is 35.2 Å². The van der Waals surface area contributed by atoms with Crippen molar-refractivity contribution in [1.82, 2.24) is 9.78 Å². The zero-order chi connectivity index (χ0) is 14.0. The molecular formula is C10H11ClF3N3O2. The highest BCUT2D eigenvalue weighted by atomic mass is 35.5. The van der Waals surface area contributed by atoms with Crippen molar-refractivity contribution < 1.29 is 17.9 Å². The number of nitrogens with one attached hydrogen (secondary N) is 1. The third-order valence-electron chi connectivity index (χ3n) is 2.60. The molecule has 1 aromatic rings. The molecule has 5 nitrogen and oxygen atoms in total. The van der Waals surface area contributed by atoms with Crippen LogP contribution in [0.4, 0.5) is 18.9 Å². The van der Waals surface area contributed by atoms with Crippen LogP contribution in [0.1, 0.15) is 6.42 Å². The summed E-state index contributed by atoms with van der Waals surface area (Å²) < 4.78 is 42.0. The highest BCUT2D eigenvalue weighted by molar-refractivity contribution is 6.32. The number of aromatic nitrogens is 2. The molecular weight excluding hydrogens is 287 g/mol. The molecule has 1 aromatic heterocycles. The van der Waals surface area contributed by atoms with Gasteiger partial charge >= 0.3 is 6.18 Å². The Balaban J connectivity index is 2.19. The quantitative estimate of drug-likeness (QED) is 0.922. The first-order valence-corrected chi connectivity index (χ1v) is 5.91. The Hall–Kier alpha value is -1.28. The van der Waals surface area contributed by atoms with E-state index in [0.29, 0.717) is 17.9 Å². The summed E-state index contributed by atoms with van der Waals surface area (Å²) in [5.74, 6) is 0. The van der Waals surface area contributed by atoms with Gasteiger partial charge in [-0.25, -0.2) is 4.68 Å². The summed E-state index contributed by atoms with van der Waals surface area (Å²) >= 11 is 5.76. The van der Waals surface area contributed by atoms with Crippen molar-refractivity contribution in [2.45, 2.75) is 25.2 Å². The van der Waals surface area contributed by atoms with Crippen LogP contribution in [0.3, 0.4) is 0 Å². The topological polar surface area (TPSA) is 56.1 Å². The van der Waals surface area contributed by atoms with Crippen LogP contribution in [0.5, 0.6) is 0 Å². The number of halogens is 4. The van der Waals surface area contributed by atoms with Gasteiger partial charge in [0.05, 0.1) is 24.5 Å². The van der Waals surface area contributed by atoms with E-state index in [-0.39, 0.29) is 16.8 Å². The third-order valence-corrected chi connectivity index (χ3v) is 2.97. The molecule has 9 heteroatoms. The van der Waals surface area contributed by atoms with Gasteiger partial charge in [0, 0.05) is 6.61 Å². The maximum absolute atomic E-state index is 12.2. The molecule has 0 radical (unpaired) electrons. The van der Waals surface area contributed by atoms with E-state index in [1.807, 2.05) is 0 Å². The van der Waals surface area contributed by atoms with E-state index in [0.717, 1.165) is 12.6 Å². The van der Waals surface area contributed by atoms with Crippen LogP contribution in [-0.2, 0) is 11.3 Å². The van der Waals surface area contributed by atoms with E-state index in [1.54, 1.807) is 0 Å². The van der Waals surface area contributed by atoms with Gasteiger partial charge in [0.25, 0.3) is 5.56 Å². The van der Waals surface area contributed by atoms with Gasteiger partial charge < -0.3 is 10.1 Å². The standard InChI is InChI=1S/C10H11ClF3N3O2/c11-8-7(16-6-1-2-19-4-6)3-15-17(9(8)18)5-10(12,13)14/h3,6,16H,1-2,4-5H2. The zero-order valence-electron chi connectivity index (χ0n) is 9.71. The Bertz CT molecular complexity index is 512. The number of alkyl halides is 3. The fourth-order valence-electron chi connectivity index (χ4n) is 1.72. The van der Waals surface area contributed by atoms with Crippen molar-refractivity contribution in [3.05, 3.63) is 21.6 Å². The highest BCUT2D eigenvalue weighted by Crippen LogP contribution is 2.21. The first-order valence-electron chi connectivity index (χ1n) is 5.53. The molecule has 1 unspecified atom stereocenters. The molecule has 0 bridgehead atoms. The van der Waals surface area contributed by atoms with E-state index in [9.17, 15) is 18.0 Å². The lowest BCUT2D eigenvalue weighted by Crippen LogP contribution is -2.31. The van der Waals surface area contributed by atoms with Crippen molar-refractivity contribution in [2.75, 3.05) is 18.5 Å². The van der Waals surface area contributed by atoms with Crippen molar-refractivity contribution in [3.8, 4) is 0 Å². The number of hydrogen-bond donors (Lipinski definition) is 1. The van der Waals surface area contributed by atoms with Gasteiger partial charge in [-0.1, -0.05) is 11.6 Å². The van der Waals surface area contributed by atoms with Crippen LogP contribution >= 0.6 is 11.6 Å². The summed E-state index contributed by atoms with van der Waals surface area (Å²) in [6.07, 6.45) is -2.66. The number of hydrogen-bond acceptors (Lipinski definition) is 4. The molecule has 0 saturated carbocycles. The summed E-state index contributed by atoms with van der Waals surface area (Å²) in [7, 11) is 0. The molecule has 1 fully saturated rings. The Morgan fingerprint density at radius 2 is 2.32 bits per heavy atom. The SMILES string of the molecule is O=c1c(Cl)c(NC2CCOC2)cnn1CC(F)(F)F. The Kier molecular flexibility index (Phi) is 4.00. The van der Waals surface area contributed by atoms with Crippen LogP contribution in [0.15, 0.2) is 11.0 Å². The second-order valence-corrected chi connectivity index (χ2v) is 4.53. The minimum atomic E-state index is -4.52. The number of rotatable bonds is 3. The molecule has 0 aliphatic carbocycles. The average Bonchev–Trinajstić information content (AvgIpc) is 2.80. The lowest BCUT2D eigenvalue weighted by molar-refractivity contribution is -0.143. The average molecular weight is 298 g/mol. The fraction of sp³-hybridized carbons (Fsp3) is 0.600. The first kappa shape index (κ1) is 14.1. The smallest absolute Gasteiger partial charge is 0.379 e. The molecule has 19 heavy (non-hydrogen) atoms. The van der Waals surface area contributed by atoms with Crippen LogP contribution in [0, 0.1) is 0 Å². The predicted molar refractivity (Wildman–Crippen MR) is 62.4 cm³/mol. The minimum Gasteiger partial charge on any atom is -0.379 e. The molecule has 0 spiro atoms. The van der Waals surface area contributed by atoms with Crippen molar-refractivity contribution in [2.24, 2.45) is 0 Å². The third kappa shape index (κ3) is 3.60. The maximum Gasteiger partial charge on any atom is 0.408 e. The number of nitrogens with zero attached hydrogens (tertiary/aromatic N) is 2. The summed E-state index contributed by atoms with van der Waals surface area (Å²) in [4.78, 5) is 11.6. The molecule has 2 heterocycles. The Morgan fingerprint density at radius 1 is 1.58 bits per heavy atom. The second kappa shape index (κ2) is 5.38. The van der Waals surface area contributed by atoms with Gasteiger partial charge in [-0.05, 0) is 6.42 Å². The van der Waals surface area contributed by atoms with Gasteiger partial charge in [-0.2, -0.15) is 18.3 Å². The van der Waals surface area contributed by atoms with Gasteiger partial charge in [0.2, 0.25) is 0 Å². The van der Waals surface area contributed by atoms with Crippen molar-refractivity contribution >= 4 is 17.3 Å². The molecule has 1 N–H and O–H groups in total. The molecule has 1 atom stereocenters. The lowest BCUT2D eigenvalue weighted by Gasteiger charge is -2.14. The molecule has 0 amide bonds. The molecule has 106 valence electrons. The van der Waals surface area contributed by atoms with Crippen LogP contribution in [0.2, 0.25) is 5.02 Å². The van der Waals surface area contributed by atoms with Crippen LogP contribution < -0.4 is 10.9 Å². The normalized spacial score (nSPS) is 19.7. The van der Waals surface area contributed by atoms with E-state index in [1.165, 1.54) is 0 Å². The van der Waals surface area contributed by atoms with Gasteiger partial charge in [0.1, 0.15) is 11.6 Å². The predicted octanol–water partition coefficient (Wildman–Crippen LogP) is 1.66. The van der Waals surface area contributed by atoms with E-state index >= 15 is 0 Å². The number of anilines is 1. The largest absolute Gasteiger partial charge is 0.408 e. The van der Waals surface area contributed by atoms with E-state index in [4.69, 9.17) is 16.3 Å². The van der Waals surface area contributed by atoms with Gasteiger partial charge in [-0.3, -0.25) is 4.79 Å². The Labute approximate surface area is 111 Å². The molecule has 2 rings (SSSR count). The summed E-state index contributed by atoms with van der Waals surface area (Å²) in [5, 5.41) is 6.09. The molecule has 1 saturated heterocycles. The molecule has 1 aliphatic rings. The summed E-state index contributed by atoms with van der Waals surface area (Å²) in [6, 6.07) is -0.0165. The van der Waals surface area contributed by atoms with Crippen molar-refractivity contribution in [3.63, 3.8) is 0 Å². The number of ether oxygens (including phenoxy) is 1. The Morgan fingerprint density at radius 3 is 2.89 bits per heavy atom. The monoisotopic (exact) mass is 297 g/mol. The van der Waals surface area contributed by atoms with Gasteiger partial charge in [-0.15, -0.1) is 0 Å². The summed E-state index contributed by atoms with van der Waals surface area (Å²) in [6.45, 7) is -0.409. The van der Waals surface area contributed by atoms with E-state index < -0.39 is 18.3 Å². The maximum atomic E-state index is 12.2. The second-order valence-electron chi connectivity index (χ2n) is 4.16. The highest BCUT2D eigenvalue weighted by Gasteiger charge is 2.30. The summed E-state index contributed by atoms with van der Waals surface area (Å²) in [5.41, 5.74) is -0.747. The lowest BCUT2D eigenvalue weighted by atomic mass is 10.2. The van der Waals surface area contributed by atoms with Crippen LogP contribution in [0.25, 0.3) is 0 Å². The zero-order valence-corrected chi connectivity index (χ0v) is 10.5. The molecule has 1 aliphatic heterocycles. The van der Waals surface area contributed by atoms with E-state index in [2.05, 4.69) is 10.4 Å². The first-order chi connectivity index (χ1) is 8.87. The minimum absolute atomic E-state index is 0.0165. The fourth-order valence-corrected chi connectivity index (χ4v) is 1.92. The van der Waals surface area contributed by atoms with Gasteiger partial charge in [0.15, 0.2) is 0 Å². The van der Waals surface area contributed by atoms with Crippen molar-refractivity contribution in [1.29, 1.82) is 0 Å².